The van der Waals surface area contributed by atoms with Crippen molar-refractivity contribution in [2.24, 2.45) is 5.73 Å². The summed E-state index contributed by atoms with van der Waals surface area (Å²) in [6.45, 7) is 1.93. The van der Waals surface area contributed by atoms with Gasteiger partial charge in [-0.15, -0.1) is 0 Å². The Balaban J connectivity index is 1.92. The molecule has 1 amide bonds. The molecule has 2 rings (SSSR count). The number of nitrogens with one attached hydrogen (secondary N) is 1. The van der Waals surface area contributed by atoms with E-state index in [1.165, 1.54) is 11.1 Å². The summed E-state index contributed by atoms with van der Waals surface area (Å²) in [5.74, 6) is 0.0841. The lowest BCUT2D eigenvalue weighted by molar-refractivity contribution is -0.122. The molecule has 0 aliphatic carbocycles. The molecule has 0 aromatic heterocycles. The van der Waals surface area contributed by atoms with Gasteiger partial charge in [0.1, 0.15) is 0 Å². The molecule has 0 aliphatic rings. The Bertz CT molecular complexity index is 596. The Labute approximate surface area is 145 Å². The average Bonchev–Trinajstić information content (AvgIpc) is 2.61. The quantitative estimate of drug-likeness (QED) is 0.732. The van der Waals surface area contributed by atoms with E-state index in [-0.39, 0.29) is 18.0 Å². The third-order valence-electron chi connectivity index (χ3n) is 4.16. The number of amides is 1. The van der Waals surface area contributed by atoms with Crippen LogP contribution >= 0.6 is 0 Å². The first kappa shape index (κ1) is 18.2. The van der Waals surface area contributed by atoms with Crippen LogP contribution in [0, 0.1) is 0 Å². The van der Waals surface area contributed by atoms with Gasteiger partial charge in [0.15, 0.2) is 0 Å². The minimum Gasteiger partial charge on any atom is -0.349 e. The molecule has 2 aromatic rings. The Morgan fingerprint density at radius 1 is 1.00 bits per heavy atom. The van der Waals surface area contributed by atoms with Gasteiger partial charge in [-0.3, -0.25) is 4.79 Å². The number of nitrogens with two attached hydrogens (primary N) is 1. The molecule has 0 radical (unpaired) electrons. The van der Waals surface area contributed by atoms with Crippen LogP contribution in [-0.4, -0.2) is 11.9 Å². The minimum absolute atomic E-state index is 0.0593. The van der Waals surface area contributed by atoms with Crippen LogP contribution in [0.4, 0.5) is 0 Å². The summed E-state index contributed by atoms with van der Waals surface area (Å²) in [6.07, 6.45) is 4.21. The molecule has 0 aliphatic heterocycles. The lowest BCUT2D eigenvalue weighted by Crippen LogP contribution is -2.30. The maximum absolute atomic E-state index is 12.2. The number of hydrogen-bond acceptors (Lipinski definition) is 2. The first-order valence-corrected chi connectivity index (χ1v) is 8.79. The van der Waals surface area contributed by atoms with E-state index in [2.05, 4.69) is 41.7 Å². The Kier molecular flexibility index (Phi) is 7.50. The van der Waals surface area contributed by atoms with Gasteiger partial charge in [0, 0.05) is 12.5 Å². The van der Waals surface area contributed by atoms with E-state index < -0.39 is 0 Å². The molecule has 2 aromatic carbocycles. The van der Waals surface area contributed by atoms with Crippen LogP contribution < -0.4 is 11.1 Å². The van der Waals surface area contributed by atoms with E-state index in [0.717, 1.165) is 25.7 Å². The molecule has 3 N–H and O–H groups in total. The predicted molar refractivity (Wildman–Crippen MR) is 99.6 cm³/mol. The van der Waals surface area contributed by atoms with Gasteiger partial charge in [-0.2, -0.15) is 0 Å². The molecule has 2 atom stereocenters. The van der Waals surface area contributed by atoms with Crippen LogP contribution in [0.5, 0.6) is 0 Å². The molecule has 24 heavy (non-hydrogen) atoms. The summed E-state index contributed by atoms with van der Waals surface area (Å²) in [5, 5.41) is 3.18. The number of benzene rings is 2. The Hall–Kier alpha value is -2.13. The summed E-state index contributed by atoms with van der Waals surface area (Å²) in [4.78, 5) is 12.2. The molecular formula is C21H28N2O. The molecule has 0 fully saturated rings. The maximum atomic E-state index is 12.2. The molecule has 128 valence electrons. The SMILES string of the molecule is CC(N)CCC(=O)NC(CCCc1ccccc1)c1ccccc1. The van der Waals surface area contributed by atoms with Crippen molar-refractivity contribution >= 4 is 5.91 Å². The second-order valence-corrected chi connectivity index (χ2v) is 6.42. The number of carbonyl (C=O) groups excluding carboxylic acids is 1. The second kappa shape index (κ2) is 9.89. The molecule has 3 heteroatoms. The van der Waals surface area contributed by atoms with E-state index >= 15 is 0 Å². The van der Waals surface area contributed by atoms with Crippen LogP contribution in [0.25, 0.3) is 0 Å². The Morgan fingerprint density at radius 3 is 2.25 bits per heavy atom. The third-order valence-corrected chi connectivity index (χ3v) is 4.16. The largest absolute Gasteiger partial charge is 0.349 e. The van der Waals surface area contributed by atoms with Crippen molar-refractivity contribution in [3.05, 3.63) is 71.8 Å². The van der Waals surface area contributed by atoms with E-state index in [4.69, 9.17) is 5.73 Å². The summed E-state index contributed by atoms with van der Waals surface area (Å²) in [7, 11) is 0. The van der Waals surface area contributed by atoms with Crippen molar-refractivity contribution in [3.63, 3.8) is 0 Å². The van der Waals surface area contributed by atoms with Gasteiger partial charge in [0.25, 0.3) is 0 Å². The van der Waals surface area contributed by atoms with Gasteiger partial charge in [-0.05, 0) is 43.7 Å². The fraction of sp³-hybridized carbons (Fsp3) is 0.381. The van der Waals surface area contributed by atoms with Gasteiger partial charge < -0.3 is 11.1 Å². The van der Waals surface area contributed by atoms with Crippen molar-refractivity contribution in [3.8, 4) is 0 Å². The number of hydrogen-bond donors (Lipinski definition) is 2. The van der Waals surface area contributed by atoms with E-state index in [0.29, 0.717) is 6.42 Å². The summed E-state index contributed by atoms with van der Waals surface area (Å²) in [6, 6.07) is 20.8. The maximum Gasteiger partial charge on any atom is 0.220 e. The molecule has 0 heterocycles. The zero-order valence-electron chi connectivity index (χ0n) is 14.4. The van der Waals surface area contributed by atoms with E-state index in [1.807, 2.05) is 31.2 Å². The highest BCUT2D eigenvalue weighted by Crippen LogP contribution is 2.20. The zero-order chi connectivity index (χ0) is 17.2. The third kappa shape index (κ3) is 6.55. The highest BCUT2D eigenvalue weighted by Gasteiger charge is 2.14. The topological polar surface area (TPSA) is 55.1 Å². The monoisotopic (exact) mass is 324 g/mol. The van der Waals surface area contributed by atoms with Crippen LogP contribution in [0.3, 0.4) is 0 Å². The van der Waals surface area contributed by atoms with Gasteiger partial charge in [0.05, 0.1) is 6.04 Å². The molecule has 3 nitrogen and oxygen atoms in total. The summed E-state index contributed by atoms with van der Waals surface area (Å²) in [5.41, 5.74) is 8.25. The first-order chi connectivity index (χ1) is 11.6. The van der Waals surface area contributed by atoms with E-state index in [9.17, 15) is 4.79 Å². The van der Waals surface area contributed by atoms with Gasteiger partial charge in [0.2, 0.25) is 5.91 Å². The molecule has 2 unspecified atom stereocenters. The van der Waals surface area contributed by atoms with Crippen molar-refractivity contribution in [2.45, 2.75) is 51.1 Å². The summed E-state index contributed by atoms with van der Waals surface area (Å²) < 4.78 is 0. The highest BCUT2D eigenvalue weighted by atomic mass is 16.1. The molecule has 0 saturated heterocycles. The smallest absolute Gasteiger partial charge is 0.220 e. The first-order valence-electron chi connectivity index (χ1n) is 8.79. The average molecular weight is 324 g/mol. The lowest BCUT2D eigenvalue weighted by atomic mass is 9.98. The Morgan fingerprint density at radius 2 is 1.62 bits per heavy atom. The van der Waals surface area contributed by atoms with Crippen molar-refractivity contribution in [1.29, 1.82) is 0 Å². The summed E-state index contributed by atoms with van der Waals surface area (Å²) >= 11 is 0. The minimum atomic E-state index is 0.0593. The second-order valence-electron chi connectivity index (χ2n) is 6.42. The van der Waals surface area contributed by atoms with Crippen LogP contribution in [0.15, 0.2) is 60.7 Å². The standard InChI is InChI=1S/C21H28N2O/c1-17(22)15-16-21(24)23-20(19-12-6-3-7-13-19)14-8-11-18-9-4-2-5-10-18/h2-7,9-10,12-13,17,20H,8,11,14-16,22H2,1H3,(H,23,24). The normalized spacial score (nSPS) is 13.2. The molecule has 0 saturated carbocycles. The molecular weight excluding hydrogens is 296 g/mol. The lowest BCUT2D eigenvalue weighted by Gasteiger charge is -2.20. The number of aryl methyl sites for hydroxylation is 1. The highest BCUT2D eigenvalue weighted by molar-refractivity contribution is 5.76. The molecule has 0 bridgehead atoms. The van der Waals surface area contributed by atoms with Crippen LogP contribution in [0.2, 0.25) is 0 Å². The number of carbonyl (C=O) groups is 1. The van der Waals surface area contributed by atoms with Gasteiger partial charge in [-0.25, -0.2) is 0 Å². The fourth-order valence-electron chi connectivity index (χ4n) is 2.79. The van der Waals surface area contributed by atoms with Crippen molar-refractivity contribution in [2.75, 3.05) is 0 Å². The van der Waals surface area contributed by atoms with Crippen LogP contribution in [-0.2, 0) is 11.2 Å². The van der Waals surface area contributed by atoms with Crippen LogP contribution in [0.1, 0.15) is 49.8 Å². The van der Waals surface area contributed by atoms with Crippen molar-refractivity contribution < 1.29 is 4.79 Å². The predicted octanol–water partition coefficient (Wildman–Crippen LogP) is 3.99. The zero-order valence-corrected chi connectivity index (χ0v) is 14.4. The van der Waals surface area contributed by atoms with Crippen molar-refractivity contribution in [1.82, 2.24) is 5.32 Å². The van der Waals surface area contributed by atoms with Gasteiger partial charge >= 0.3 is 0 Å². The number of rotatable bonds is 9. The van der Waals surface area contributed by atoms with E-state index in [1.54, 1.807) is 0 Å². The fourth-order valence-corrected chi connectivity index (χ4v) is 2.79. The van der Waals surface area contributed by atoms with Gasteiger partial charge in [-0.1, -0.05) is 60.7 Å². The molecule has 0 spiro atoms.